The summed E-state index contributed by atoms with van der Waals surface area (Å²) < 4.78 is 0. The first-order chi connectivity index (χ1) is 13.0. The number of halogens is 1. The first-order valence-corrected chi connectivity index (χ1v) is 9.26. The Hall–Kier alpha value is -2.91. The number of benzene rings is 3. The van der Waals surface area contributed by atoms with Gasteiger partial charge in [0.1, 0.15) is 5.69 Å². The summed E-state index contributed by atoms with van der Waals surface area (Å²) in [4.78, 5) is 0. The van der Waals surface area contributed by atoms with Gasteiger partial charge in [-0.05, 0) is 62.2 Å². The predicted molar refractivity (Wildman–Crippen MR) is 114 cm³/mol. The minimum absolute atomic E-state index is 0.681. The van der Waals surface area contributed by atoms with Crippen LogP contribution in [0, 0.1) is 20.8 Å². The molecule has 3 aromatic carbocycles. The molecule has 0 unspecified atom stereocenters. The van der Waals surface area contributed by atoms with Gasteiger partial charge in [0, 0.05) is 27.0 Å². The van der Waals surface area contributed by atoms with Gasteiger partial charge in [-0.3, -0.25) is 0 Å². The molecule has 0 atom stereocenters. The molecule has 4 aromatic rings. The summed E-state index contributed by atoms with van der Waals surface area (Å²) in [5, 5.41) is 15.2. The number of hydrogen-bond acceptors (Lipinski definition) is 3. The summed E-state index contributed by atoms with van der Waals surface area (Å²) in [6.45, 7) is 6.32. The maximum atomic E-state index is 6.12. The normalized spacial score (nSPS) is 11.0. The Kier molecular flexibility index (Phi) is 4.54. The lowest BCUT2D eigenvalue weighted by Crippen LogP contribution is -2.00. The van der Waals surface area contributed by atoms with Crippen molar-refractivity contribution in [2.24, 2.45) is 0 Å². The van der Waals surface area contributed by atoms with Crippen LogP contribution in [0.1, 0.15) is 16.7 Å². The standard InChI is InChI=1S/C23H20ClN3/c1-14-7-9-17(10-8-14)22-20-11-15(2)16(3)12-21(20)23(27-26-22)25-19-6-4-5-18(24)13-19/h4-13H,1-3H3,(H,25,27). The van der Waals surface area contributed by atoms with E-state index in [4.69, 9.17) is 11.6 Å². The van der Waals surface area contributed by atoms with E-state index in [1.54, 1.807) is 0 Å². The first-order valence-electron chi connectivity index (χ1n) is 8.88. The summed E-state index contributed by atoms with van der Waals surface area (Å²) in [6.07, 6.45) is 0. The topological polar surface area (TPSA) is 37.8 Å². The minimum Gasteiger partial charge on any atom is -0.338 e. The van der Waals surface area contributed by atoms with E-state index in [2.05, 4.69) is 72.7 Å². The molecular formula is C23H20ClN3. The fraction of sp³-hybridized carbons (Fsp3) is 0.130. The largest absolute Gasteiger partial charge is 0.338 e. The van der Waals surface area contributed by atoms with Gasteiger partial charge in [0.15, 0.2) is 5.82 Å². The maximum Gasteiger partial charge on any atom is 0.161 e. The van der Waals surface area contributed by atoms with Gasteiger partial charge in [-0.15, -0.1) is 10.2 Å². The third kappa shape index (κ3) is 3.51. The van der Waals surface area contributed by atoms with Crippen LogP contribution < -0.4 is 5.32 Å². The van der Waals surface area contributed by atoms with E-state index < -0.39 is 0 Å². The highest BCUT2D eigenvalue weighted by Crippen LogP contribution is 2.33. The highest BCUT2D eigenvalue weighted by Gasteiger charge is 2.13. The first kappa shape index (κ1) is 17.5. The number of nitrogens with zero attached hydrogens (tertiary/aromatic N) is 2. The molecule has 0 aliphatic carbocycles. The molecule has 0 saturated carbocycles. The van der Waals surface area contributed by atoms with Crippen LogP contribution in [-0.4, -0.2) is 10.2 Å². The average molecular weight is 374 g/mol. The number of fused-ring (bicyclic) bond motifs is 1. The number of aryl methyl sites for hydroxylation is 3. The number of aromatic nitrogens is 2. The van der Waals surface area contributed by atoms with Crippen LogP contribution in [0.3, 0.4) is 0 Å². The van der Waals surface area contributed by atoms with Crippen LogP contribution in [0.5, 0.6) is 0 Å². The summed E-state index contributed by atoms with van der Waals surface area (Å²) >= 11 is 6.12. The number of rotatable bonds is 3. The second-order valence-corrected chi connectivity index (χ2v) is 7.32. The Morgan fingerprint density at radius 2 is 1.48 bits per heavy atom. The molecular weight excluding hydrogens is 354 g/mol. The van der Waals surface area contributed by atoms with Crippen molar-refractivity contribution in [3.05, 3.63) is 82.4 Å². The van der Waals surface area contributed by atoms with Crippen molar-refractivity contribution in [2.75, 3.05) is 5.32 Å². The fourth-order valence-electron chi connectivity index (χ4n) is 3.14. The quantitative estimate of drug-likeness (QED) is 0.438. The molecule has 0 saturated heterocycles. The number of anilines is 2. The van der Waals surface area contributed by atoms with Crippen molar-refractivity contribution >= 4 is 33.9 Å². The molecule has 134 valence electrons. The molecule has 0 radical (unpaired) electrons. The lowest BCUT2D eigenvalue weighted by atomic mass is 9.99. The molecule has 0 amide bonds. The van der Waals surface area contributed by atoms with E-state index >= 15 is 0 Å². The Labute approximate surface area is 164 Å². The smallest absolute Gasteiger partial charge is 0.161 e. The van der Waals surface area contributed by atoms with Crippen molar-refractivity contribution in [3.8, 4) is 11.3 Å². The van der Waals surface area contributed by atoms with Crippen molar-refractivity contribution in [1.29, 1.82) is 0 Å². The van der Waals surface area contributed by atoms with Crippen molar-refractivity contribution in [1.82, 2.24) is 10.2 Å². The molecule has 27 heavy (non-hydrogen) atoms. The van der Waals surface area contributed by atoms with Crippen molar-refractivity contribution in [2.45, 2.75) is 20.8 Å². The zero-order chi connectivity index (χ0) is 19.0. The van der Waals surface area contributed by atoms with E-state index in [-0.39, 0.29) is 0 Å². The highest BCUT2D eigenvalue weighted by molar-refractivity contribution is 6.30. The summed E-state index contributed by atoms with van der Waals surface area (Å²) in [5.41, 5.74) is 6.53. The van der Waals surface area contributed by atoms with Gasteiger partial charge >= 0.3 is 0 Å². The Morgan fingerprint density at radius 1 is 0.778 bits per heavy atom. The Balaban J connectivity index is 1.90. The second kappa shape index (κ2) is 7.01. The molecule has 0 aliphatic heterocycles. The van der Waals surface area contributed by atoms with Crippen LogP contribution in [0.15, 0.2) is 60.7 Å². The lowest BCUT2D eigenvalue weighted by Gasteiger charge is -2.13. The van der Waals surface area contributed by atoms with Gasteiger partial charge in [-0.2, -0.15) is 0 Å². The van der Waals surface area contributed by atoms with Crippen LogP contribution in [0.4, 0.5) is 11.5 Å². The van der Waals surface area contributed by atoms with Crippen LogP contribution in [-0.2, 0) is 0 Å². The fourth-order valence-corrected chi connectivity index (χ4v) is 3.33. The molecule has 0 bridgehead atoms. The average Bonchev–Trinajstić information content (AvgIpc) is 2.64. The van der Waals surface area contributed by atoms with E-state index in [0.29, 0.717) is 5.02 Å². The molecule has 1 heterocycles. The third-order valence-corrected chi connectivity index (χ3v) is 5.04. The summed E-state index contributed by atoms with van der Waals surface area (Å²) in [5.74, 6) is 0.728. The zero-order valence-electron chi connectivity index (χ0n) is 15.5. The van der Waals surface area contributed by atoms with Crippen LogP contribution in [0.2, 0.25) is 5.02 Å². The summed E-state index contributed by atoms with van der Waals surface area (Å²) in [7, 11) is 0. The Morgan fingerprint density at radius 3 is 2.19 bits per heavy atom. The predicted octanol–water partition coefficient (Wildman–Crippen LogP) is 6.62. The van der Waals surface area contributed by atoms with E-state index in [1.165, 1.54) is 16.7 Å². The van der Waals surface area contributed by atoms with E-state index in [9.17, 15) is 0 Å². The van der Waals surface area contributed by atoms with Crippen molar-refractivity contribution in [3.63, 3.8) is 0 Å². The summed E-state index contributed by atoms with van der Waals surface area (Å²) in [6, 6.07) is 20.4. The number of nitrogens with one attached hydrogen (secondary N) is 1. The van der Waals surface area contributed by atoms with Gasteiger partial charge in [-0.1, -0.05) is 47.5 Å². The highest BCUT2D eigenvalue weighted by atomic mass is 35.5. The van der Waals surface area contributed by atoms with Crippen LogP contribution >= 0.6 is 11.6 Å². The minimum atomic E-state index is 0.681. The lowest BCUT2D eigenvalue weighted by molar-refractivity contribution is 1.06. The van der Waals surface area contributed by atoms with Gasteiger partial charge in [-0.25, -0.2) is 0 Å². The second-order valence-electron chi connectivity index (χ2n) is 6.88. The molecule has 1 N–H and O–H groups in total. The molecule has 0 fully saturated rings. The maximum absolute atomic E-state index is 6.12. The van der Waals surface area contributed by atoms with Crippen LogP contribution in [0.25, 0.3) is 22.0 Å². The number of hydrogen-bond donors (Lipinski definition) is 1. The molecule has 4 rings (SSSR count). The van der Waals surface area contributed by atoms with Gasteiger partial charge < -0.3 is 5.32 Å². The van der Waals surface area contributed by atoms with E-state index in [1.807, 2.05) is 24.3 Å². The molecule has 0 aliphatic rings. The molecule has 0 spiro atoms. The molecule has 1 aromatic heterocycles. The molecule has 4 heteroatoms. The monoisotopic (exact) mass is 373 g/mol. The van der Waals surface area contributed by atoms with E-state index in [0.717, 1.165) is 33.5 Å². The Bertz CT molecular complexity index is 1130. The van der Waals surface area contributed by atoms with Gasteiger partial charge in [0.2, 0.25) is 0 Å². The zero-order valence-corrected chi connectivity index (χ0v) is 16.3. The molecule has 3 nitrogen and oxygen atoms in total. The van der Waals surface area contributed by atoms with Gasteiger partial charge in [0.25, 0.3) is 0 Å². The van der Waals surface area contributed by atoms with Crippen molar-refractivity contribution < 1.29 is 0 Å². The third-order valence-electron chi connectivity index (χ3n) is 4.81. The SMILES string of the molecule is Cc1ccc(-c2nnc(Nc3cccc(Cl)c3)c3cc(C)c(C)cc23)cc1. The van der Waals surface area contributed by atoms with Gasteiger partial charge in [0.05, 0.1) is 0 Å².